The quantitative estimate of drug-likeness (QED) is 0.0201. The second-order valence-corrected chi connectivity index (χ2v) is 28.3. The van der Waals surface area contributed by atoms with Gasteiger partial charge in [0, 0.05) is 105 Å². The largest absolute Gasteiger partial charge is 0.481 e. The van der Waals surface area contributed by atoms with Crippen LogP contribution in [-0.2, 0) is 80.9 Å². The summed E-state index contributed by atoms with van der Waals surface area (Å²) in [6.45, 7) is 23.4. The molecule has 612 valence electrons. The minimum absolute atomic E-state index is 0.0130. The highest BCUT2D eigenvalue weighted by molar-refractivity contribution is 5.90. The van der Waals surface area contributed by atoms with Crippen molar-refractivity contribution in [3.8, 4) is 0 Å². The lowest BCUT2D eigenvalue weighted by molar-refractivity contribution is -0.181. The standard InChI is InChI=1S/C58H97N5O13.C11H21NO7.C7H16O4/c1-16-38(7)54(61(13)56(69)44(36(3)4)32-48(66)53(37(5)6)60(11)12)49(72-14)33-51(68)62-29-21-25-45(62)40(9)41(10)47(65)31-39(8)55(42-23-19-18-20-24-42)76-57(70)46-26-22-30-63(46)50(67)27-28-59-58(71)74-35-52(73-15)75-43(17-2)34-64;1-3-8(6-13)19-10(17-2)7-18-11(16)12-5-4-9(14)15;1-3-6(4-8)11-7(5-9)10-2/h18-20,23-24,36-41,43-46,49,52-55,64H,16-17,21-22,25-35H2,1-15H3,(H,59,71);8,10,13H,3-7H2,1-2H3,(H,12,16)(H,14,15);6-9H,3-5H2,1-2H3/t38-,39-,40+,41+,43?,44?,45-,46?,49+,52?,53-,54-,55+;;/m0../s1. The molecule has 1 aromatic carbocycles. The zero-order chi connectivity index (χ0) is 80.3. The number of aliphatic hydroxyl groups is 4. The lowest BCUT2D eigenvalue weighted by atomic mass is 9.80. The predicted molar refractivity (Wildman–Crippen MR) is 395 cm³/mol. The summed E-state index contributed by atoms with van der Waals surface area (Å²) >= 11 is 0. The molecule has 17 atom stereocenters. The number of alkyl carbamates (subject to hydrolysis) is 2. The third-order valence-electron chi connectivity index (χ3n) is 19.8. The second kappa shape index (κ2) is 53.7. The first-order valence-electron chi connectivity index (χ1n) is 37.7. The molecular formula is C76H134N6O24. The van der Waals surface area contributed by atoms with Crippen LogP contribution < -0.4 is 10.6 Å². The van der Waals surface area contributed by atoms with Gasteiger partial charge >= 0.3 is 24.1 Å². The summed E-state index contributed by atoms with van der Waals surface area (Å²) in [6.07, 6.45) is -1.19. The molecule has 8 unspecified atom stereocenters. The maximum Gasteiger partial charge on any atom is 0.407 e. The zero-order valence-corrected chi connectivity index (χ0v) is 66.9. The number of likely N-dealkylation sites (N-methyl/N-ethyl adjacent to an activating group) is 2. The smallest absolute Gasteiger partial charge is 0.407 e. The van der Waals surface area contributed by atoms with Crippen molar-refractivity contribution in [3.63, 3.8) is 0 Å². The number of benzene rings is 1. The molecule has 2 fully saturated rings. The van der Waals surface area contributed by atoms with Crippen LogP contribution in [0.1, 0.15) is 178 Å². The van der Waals surface area contributed by atoms with Crippen LogP contribution in [0.25, 0.3) is 0 Å². The maximum absolute atomic E-state index is 14.5. The number of carboxylic acids is 1. The molecule has 106 heavy (non-hydrogen) atoms. The number of amides is 5. The number of carboxylic acid groups (broad SMARTS) is 1. The molecule has 2 aliphatic rings. The van der Waals surface area contributed by atoms with E-state index in [1.807, 2.05) is 123 Å². The van der Waals surface area contributed by atoms with Gasteiger partial charge in [-0.3, -0.25) is 33.7 Å². The average Bonchev–Trinajstić information content (AvgIpc) is 1.22. The molecule has 3 rings (SSSR count). The normalized spacial score (nSPS) is 18.7. The molecule has 0 bridgehead atoms. The van der Waals surface area contributed by atoms with Crippen LogP contribution in [-0.4, -0.2) is 281 Å². The van der Waals surface area contributed by atoms with Gasteiger partial charge in [0.05, 0.1) is 75.8 Å². The highest BCUT2D eigenvalue weighted by Crippen LogP contribution is 2.36. The first-order chi connectivity index (χ1) is 50.3. The summed E-state index contributed by atoms with van der Waals surface area (Å²) in [6, 6.07) is 7.48. The zero-order valence-electron chi connectivity index (χ0n) is 66.9. The maximum atomic E-state index is 14.5. The second-order valence-electron chi connectivity index (χ2n) is 28.3. The molecule has 0 saturated carbocycles. The van der Waals surface area contributed by atoms with Gasteiger partial charge in [-0.15, -0.1) is 0 Å². The minimum Gasteiger partial charge on any atom is -0.481 e. The summed E-state index contributed by atoms with van der Waals surface area (Å²) in [5.41, 5.74) is 0.721. The molecule has 2 heterocycles. The van der Waals surface area contributed by atoms with Crippen molar-refractivity contribution in [2.45, 2.75) is 240 Å². The fourth-order valence-corrected chi connectivity index (χ4v) is 13.1. The molecule has 2 saturated heterocycles. The summed E-state index contributed by atoms with van der Waals surface area (Å²) in [4.78, 5) is 125. The van der Waals surface area contributed by atoms with Gasteiger partial charge in [0.1, 0.15) is 31.1 Å². The summed E-state index contributed by atoms with van der Waals surface area (Å²) < 4.78 is 53.3. The van der Waals surface area contributed by atoms with E-state index < -0.39 is 91.1 Å². The third kappa shape index (κ3) is 34.3. The number of methoxy groups -OCH3 is 4. The number of rotatable bonds is 49. The number of carbonyl (C=O) groups is 9. The lowest BCUT2D eigenvalue weighted by Crippen LogP contribution is -2.53. The van der Waals surface area contributed by atoms with Gasteiger partial charge in [0.25, 0.3) is 0 Å². The van der Waals surface area contributed by atoms with Crippen molar-refractivity contribution >= 4 is 53.4 Å². The van der Waals surface area contributed by atoms with E-state index >= 15 is 0 Å². The Morgan fingerprint density at radius 3 is 1.51 bits per heavy atom. The number of hydrogen-bond acceptors (Lipinski definition) is 24. The van der Waals surface area contributed by atoms with Gasteiger partial charge < -0.3 is 98.2 Å². The summed E-state index contributed by atoms with van der Waals surface area (Å²) in [7, 11) is 11.4. The Hall–Kier alpha value is -6.03. The van der Waals surface area contributed by atoms with Gasteiger partial charge in [-0.2, -0.15) is 0 Å². The number of aliphatic carboxylic acids is 1. The molecule has 0 aromatic heterocycles. The number of nitrogens with zero attached hydrogens (tertiary/aromatic N) is 4. The number of ether oxygens (including phenoxy) is 10. The van der Waals surface area contributed by atoms with Crippen LogP contribution in [0.3, 0.4) is 0 Å². The number of hydrogen-bond donors (Lipinski definition) is 7. The van der Waals surface area contributed by atoms with Gasteiger partial charge in [0.15, 0.2) is 24.7 Å². The number of likely N-dealkylation sites (tertiary alicyclic amines) is 2. The topological polar surface area (TPSA) is 384 Å². The van der Waals surface area contributed by atoms with Crippen LogP contribution in [0, 0.1) is 41.4 Å². The van der Waals surface area contributed by atoms with E-state index in [1.54, 1.807) is 19.1 Å². The Kier molecular flexibility index (Phi) is 49.7. The van der Waals surface area contributed by atoms with E-state index in [0.717, 1.165) is 24.8 Å². The SMILES string of the molecule is CCC(CO)OC(CO)OC.CCC(CO)OC(COC(=O)NCCC(=O)N1CCCC1C(=O)O[C@@H](c1ccccc1)[C@@H](C)CC(=O)[C@H](C)[C@@H](C)[C@@H]1CCCN1C(=O)C[C@@H](OC)[C@H]([C@@H](C)CC)N(C)C(=O)C(CC(=O)[C@H](C(C)C)N(C)C)C(C)C)OC.CCC(CO)OC(COC(=O)NCCC(=O)O)OC. The first kappa shape index (κ1) is 98.0. The summed E-state index contributed by atoms with van der Waals surface area (Å²) in [5.74, 6) is -3.75. The summed E-state index contributed by atoms with van der Waals surface area (Å²) in [5, 5.41) is 48.9. The van der Waals surface area contributed by atoms with Crippen LogP contribution in [0.5, 0.6) is 0 Å². The predicted octanol–water partition coefficient (Wildman–Crippen LogP) is 6.78. The van der Waals surface area contributed by atoms with Crippen molar-refractivity contribution in [3.05, 3.63) is 35.9 Å². The number of nitrogens with one attached hydrogen (secondary N) is 2. The first-order valence-corrected chi connectivity index (χ1v) is 37.7. The van der Waals surface area contributed by atoms with Gasteiger partial charge in [-0.25, -0.2) is 14.4 Å². The van der Waals surface area contributed by atoms with Crippen molar-refractivity contribution < 1.29 is 116 Å². The van der Waals surface area contributed by atoms with Crippen LogP contribution in [0.2, 0.25) is 0 Å². The molecule has 0 spiro atoms. The van der Waals surface area contributed by atoms with Gasteiger partial charge in [-0.1, -0.05) is 120 Å². The van der Waals surface area contributed by atoms with E-state index in [9.17, 15) is 48.3 Å². The average molecular weight is 1520 g/mol. The molecular weight excluding hydrogens is 1380 g/mol. The minimum atomic E-state index is -1.01. The Balaban J connectivity index is 0.00000154. The third-order valence-corrected chi connectivity index (χ3v) is 19.8. The van der Waals surface area contributed by atoms with Crippen LogP contribution in [0.15, 0.2) is 30.3 Å². The van der Waals surface area contributed by atoms with E-state index in [4.69, 9.17) is 67.8 Å². The molecule has 7 N–H and O–H groups in total. The van der Waals surface area contributed by atoms with Crippen molar-refractivity contribution in [1.29, 1.82) is 0 Å². The Bertz CT molecular complexity index is 2650. The Morgan fingerprint density at radius 2 is 1.07 bits per heavy atom. The number of aliphatic hydroxyl groups excluding tert-OH is 4. The van der Waals surface area contributed by atoms with Gasteiger partial charge in [-0.05, 0) is 88.3 Å². The fourth-order valence-electron chi connectivity index (χ4n) is 13.1. The molecule has 5 amide bonds. The molecule has 30 nitrogen and oxygen atoms in total. The molecule has 0 radical (unpaired) electrons. The molecule has 2 aliphatic heterocycles. The number of esters is 1. The number of Topliss-reactive ketones (excluding diaryl/α,β-unsaturated/α-hetero) is 2. The monoisotopic (exact) mass is 1510 g/mol. The fraction of sp³-hybridized carbons (Fsp3) is 0.803. The Labute approximate surface area is 630 Å². The number of ketones is 2. The van der Waals surface area contributed by atoms with Gasteiger partial charge in [0.2, 0.25) is 17.7 Å². The van der Waals surface area contributed by atoms with E-state index in [2.05, 4.69) is 24.5 Å². The lowest BCUT2D eigenvalue weighted by Gasteiger charge is -2.41. The molecule has 30 heteroatoms. The van der Waals surface area contributed by atoms with Crippen molar-refractivity contribution in [1.82, 2.24) is 30.2 Å². The van der Waals surface area contributed by atoms with E-state index in [-0.39, 0.29) is 162 Å². The van der Waals surface area contributed by atoms with E-state index in [0.29, 0.717) is 45.2 Å². The van der Waals surface area contributed by atoms with Crippen LogP contribution >= 0.6 is 0 Å². The van der Waals surface area contributed by atoms with Crippen LogP contribution in [0.4, 0.5) is 9.59 Å². The van der Waals surface area contributed by atoms with E-state index in [1.165, 1.54) is 26.2 Å². The Morgan fingerprint density at radius 1 is 0.566 bits per heavy atom. The van der Waals surface area contributed by atoms with Crippen molar-refractivity contribution in [2.75, 3.05) is 115 Å². The number of carbonyl (C=O) groups excluding carboxylic acids is 8. The highest BCUT2D eigenvalue weighted by Gasteiger charge is 2.44. The highest BCUT2D eigenvalue weighted by atomic mass is 16.7. The molecule has 1 aromatic rings. The molecule has 0 aliphatic carbocycles. The van der Waals surface area contributed by atoms with Crippen molar-refractivity contribution in [2.24, 2.45) is 41.4 Å².